The van der Waals surface area contributed by atoms with E-state index in [0.717, 1.165) is 39.7 Å². The van der Waals surface area contributed by atoms with E-state index in [2.05, 4.69) is 111 Å². The summed E-state index contributed by atoms with van der Waals surface area (Å²) in [5, 5.41) is 2.17. The standard InChI is InChI=1S/C38H37N2O/c1-5-26-9-8-12-30(21-26)31-22-34(29-17-15-28(16-18-29)27-10-6-7-11-27)36(40(4)23-31)35-24(2)13-19-32-33-20-14-25(3)39-38(33)41-37(32)35/h8-9,12-23,27H,5-7,10-11H2,1-4H3/q+1. The number of hydrogen-bond donors (Lipinski definition) is 0. The summed E-state index contributed by atoms with van der Waals surface area (Å²) in [7, 11) is 2.17. The molecule has 6 aromatic rings. The number of benzene rings is 3. The summed E-state index contributed by atoms with van der Waals surface area (Å²) < 4.78 is 8.85. The maximum absolute atomic E-state index is 6.55. The Kier molecular flexibility index (Phi) is 6.46. The lowest BCUT2D eigenvalue weighted by molar-refractivity contribution is -0.659. The molecule has 41 heavy (non-hydrogen) atoms. The van der Waals surface area contributed by atoms with Crippen molar-refractivity contribution in [1.29, 1.82) is 0 Å². The molecular formula is C38H37N2O+. The number of rotatable bonds is 5. The summed E-state index contributed by atoms with van der Waals surface area (Å²) in [6.07, 6.45) is 8.60. The number of aromatic nitrogens is 2. The van der Waals surface area contributed by atoms with Crippen molar-refractivity contribution in [2.45, 2.75) is 58.8 Å². The second kappa shape index (κ2) is 10.3. The highest BCUT2D eigenvalue weighted by molar-refractivity contribution is 6.09. The van der Waals surface area contributed by atoms with Crippen molar-refractivity contribution < 1.29 is 8.98 Å². The molecule has 3 heterocycles. The lowest BCUT2D eigenvalue weighted by Gasteiger charge is -2.15. The molecule has 1 aliphatic carbocycles. The van der Waals surface area contributed by atoms with E-state index in [9.17, 15) is 0 Å². The predicted octanol–water partition coefficient (Wildman–Crippen LogP) is 9.64. The fourth-order valence-corrected chi connectivity index (χ4v) is 6.78. The van der Waals surface area contributed by atoms with E-state index in [1.165, 1.54) is 64.6 Å². The predicted molar refractivity (Wildman–Crippen MR) is 169 cm³/mol. The maximum Gasteiger partial charge on any atom is 0.227 e. The topological polar surface area (TPSA) is 29.9 Å². The van der Waals surface area contributed by atoms with Crippen molar-refractivity contribution in [1.82, 2.24) is 4.98 Å². The van der Waals surface area contributed by atoms with Gasteiger partial charge in [-0.25, -0.2) is 4.98 Å². The first-order chi connectivity index (χ1) is 20.0. The minimum atomic E-state index is 0.699. The van der Waals surface area contributed by atoms with E-state index in [0.29, 0.717) is 11.6 Å². The molecule has 3 aromatic heterocycles. The molecule has 1 saturated carbocycles. The first-order valence-corrected chi connectivity index (χ1v) is 15.0. The largest absolute Gasteiger partial charge is 0.437 e. The van der Waals surface area contributed by atoms with E-state index in [1.807, 2.05) is 6.92 Å². The molecule has 0 radical (unpaired) electrons. The third kappa shape index (κ3) is 4.54. The third-order valence-electron chi connectivity index (χ3n) is 9.05. The Hall–Kier alpha value is -4.24. The fraction of sp³-hybridized carbons (Fsp3) is 0.263. The van der Waals surface area contributed by atoms with Crippen molar-refractivity contribution >= 4 is 22.1 Å². The van der Waals surface area contributed by atoms with Crippen LogP contribution in [0.25, 0.3) is 55.6 Å². The molecule has 0 saturated heterocycles. The molecule has 0 unspecified atom stereocenters. The summed E-state index contributed by atoms with van der Waals surface area (Å²) in [4.78, 5) is 4.72. The summed E-state index contributed by atoms with van der Waals surface area (Å²) >= 11 is 0. The van der Waals surface area contributed by atoms with Crippen LogP contribution in [-0.4, -0.2) is 4.98 Å². The molecule has 204 valence electrons. The smallest absolute Gasteiger partial charge is 0.227 e. The molecule has 1 aliphatic rings. The fourth-order valence-electron chi connectivity index (χ4n) is 6.78. The quantitative estimate of drug-likeness (QED) is 0.205. The van der Waals surface area contributed by atoms with Crippen LogP contribution in [0.3, 0.4) is 0 Å². The van der Waals surface area contributed by atoms with Gasteiger partial charge in [-0.2, -0.15) is 4.57 Å². The van der Waals surface area contributed by atoms with E-state index in [4.69, 9.17) is 9.40 Å². The molecule has 1 fully saturated rings. The summed E-state index contributed by atoms with van der Waals surface area (Å²) in [6.45, 7) is 6.41. The molecular weight excluding hydrogens is 500 g/mol. The van der Waals surface area contributed by atoms with Gasteiger partial charge in [0, 0.05) is 22.0 Å². The van der Waals surface area contributed by atoms with Gasteiger partial charge in [-0.3, -0.25) is 0 Å². The van der Waals surface area contributed by atoms with Gasteiger partial charge in [-0.05, 0) is 85.0 Å². The van der Waals surface area contributed by atoms with Gasteiger partial charge in [0.15, 0.2) is 11.8 Å². The van der Waals surface area contributed by atoms with Gasteiger partial charge in [0.05, 0.1) is 11.1 Å². The van der Waals surface area contributed by atoms with Crippen molar-refractivity contribution in [3.05, 3.63) is 107 Å². The zero-order valence-corrected chi connectivity index (χ0v) is 24.5. The van der Waals surface area contributed by atoms with Crippen LogP contribution in [0, 0.1) is 13.8 Å². The Bertz CT molecular complexity index is 1910. The molecule has 0 amide bonds. The molecule has 0 atom stereocenters. The summed E-state index contributed by atoms with van der Waals surface area (Å²) in [5.41, 5.74) is 13.8. The SMILES string of the molecule is CCc1cccc(-c2cc(-c3ccc(C4CCCC4)cc3)c(-c3c(C)ccc4c3oc3nc(C)ccc34)[n+](C)c2)c1. The number of hydrogen-bond acceptors (Lipinski definition) is 2. The Morgan fingerprint density at radius 3 is 2.39 bits per heavy atom. The van der Waals surface area contributed by atoms with Crippen molar-refractivity contribution in [3.63, 3.8) is 0 Å². The second-order valence-corrected chi connectivity index (χ2v) is 11.8. The number of fused-ring (bicyclic) bond motifs is 3. The molecule has 7 rings (SSSR count). The molecule has 0 bridgehead atoms. The highest BCUT2D eigenvalue weighted by Crippen LogP contribution is 2.42. The van der Waals surface area contributed by atoms with Gasteiger partial charge in [0.1, 0.15) is 7.05 Å². The zero-order chi connectivity index (χ0) is 28.1. The van der Waals surface area contributed by atoms with Crippen LogP contribution >= 0.6 is 0 Å². The van der Waals surface area contributed by atoms with Crippen molar-refractivity contribution in [3.8, 4) is 33.5 Å². The van der Waals surface area contributed by atoms with Gasteiger partial charge < -0.3 is 4.42 Å². The van der Waals surface area contributed by atoms with Crippen LogP contribution in [0.5, 0.6) is 0 Å². The van der Waals surface area contributed by atoms with Crippen LogP contribution in [0.2, 0.25) is 0 Å². The normalized spacial score (nSPS) is 14.0. The Labute approximate surface area is 242 Å². The van der Waals surface area contributed by atoms with Gasteiger partial charge >= 0.3 is 0 Å². The van der Waals surface area contributed by atoms with Gasteiger partial charge in [0.2, 0.25) is 11.4 Å². The van der Waals surface area contributed by atoms with E-state index in [-0.39, 0.29) is 0 Å². The minimum Gasteiger partial charge on any atom is -0.437 e. The zero-order valence-electron chi connectivity index (χ0n) is 24.5. The number of furan rings is 1. The van der Waals surface area contributed by atoms with E-state index in [1.54, 1.807) is 0 Å². The average molecular weight is 538 g/mol. The van der Waals surface area contributed by atoms with Gasteiger partial charge in [-0.1, -0.05) is 80.4 Å². The van der Waals surface area contributed by atoms with Crippen molar-refractivity contribution in [2.24, 2.45) is 7.05 Å². The summed E-state index contributed by atoms with van der Waals surface area (Å²) in [6, 6.07) is 29.3. The van der Waals surface area contributed by atoms with Crippen LogP contribution in [0.15, 0.2) is 89.5 Å². The molecule has 3 nitrogen and oxygen atoms in total. The molecule has 3 aromatic carbocycles. The van der Waals surface area contributed by atoms with Gasteiger partial charge in [-0.15, -0.1) is 0 Å². The van der Waals surface area contributed by atoms with E-state index >= 15 is 0 Å². The first-order valence-electron chi connectivity index (χ1n) is 15.0. The third-order valence-corrected chi connectivity index (χ3v) is 9.05. The van der Waals surface area contributed by atoms with Crippen LogP contribution in [-0.2, 0) is 13.5 Å². The van der Waals surface area contributed by atoms with Crippen LogP contribution in [0.4, 0.5) is 0 Å². The highest BCUT2D eigenvalue weighted by atomic mass is 16.3. The number of nitrogens with zero attached hydrogens (tertiary/aromatic N) is 2. The Balaban J connectivity index is 1.48. The maximum atomic E-state index is 6.55. The second-order valence-electron chi connectivity index (χ2n) is 11.8. The lowest BCUT2D eigenvalue weighted by Crippen LogP contribution is -2.32. The van der Waals surface area contributed by atoms with Gasteiger partial charge in [0.25, 0.3) is 0 Å². The minimum absolute atomic E-state index is 0.699. The molecule has 0 N–H and O–H groups in total. The first kappa shape index (κ1) is 25.7. The molecule has 0 spiro atoms. The van der Waals surface area contributed by atoms with Crippen LogP contribution < -0.4 is 4.57 Å². The highest BCUT2D eigenvalue weighted by Gasteiger charge is 2.27. The monoisotopic (exact) mass is 537 g/mol. The molecule has 0 aliphatic heterocycles. The average Bonchev–Trinajstić information content (AvgIpc) is 3.66. The number of pyridine rings is 2. The lowest BCUT2D eigenvalue weighted by atomic mass is 9.90. The Morgan fingerprint density at radius 2 is 1.61 bits per heavy atom. The number of aryl methyl sites for hydroxylation is 4. The van der Waals surface area contributed by atoms with E-state index < -0.39 is 0 Å². The molecule has 3 heteroatoms. The Morgan fingerprint density at radius 1 is 0.829 bits per heavy atom. The van der Waals surface area contributed by atoms with Crippen LogP contribution in [0.1, 0.15) is 60.9 Å². The summed E-state index contributed by atoms with van der Waals surface area (Å²) in [5.74, 6) is 0.699. The van der Waals surface area contributed by atoms with Crippen molar-refractivity contribution in [2.75, 3.05) is 0 Å².